The summed E-state index contributed by atoms with van der Waals surface area (Å²) >= 11 is 6.50. The number of allylic oxidation sites excluding steroid dienone is 4. The fraction of sp³-hybridized carbons (Fsp3) is 0.438. The van der Waals surface area contributed by atoms with Gasteiger partial charge in [0, 0.05) is 17.3 Å². The molecule has 0 rings (SSSR count). The number of halogens is 2. The highest BCUT2D eigenvalue weighted by atomic mass is 79.9. The van der Waals surface area contributed by atoms with Crippen LogP contribution in [0.4, 0.5) is 0 Å². The molecule has 0 aliphatic heterocycles. The van der Waals surface area contributed by atoms with Gasteiger partial charge in [-0.05, 0) is 42.5 Å². The molecule has 0 radical (unpaired) electrons. The lowest BCUT2D eigenvalue weighted by Gasteiger charge is -2.12. The van der Waals surface area contributed by atoms with Crippen LogP contribution in [0.2, 0.25) is 0 Å². The zero-order chi connectivity index (χ0) is 16.8. The molecule has 0 saturated carbocycles. The number of carbonyl (C=O) groups is 1. The van der Waals surface area contributed by atoms with Crippen LogP contribution < -0.4 is 0 Å². The molecule has 0 bridgehead atoms. The van der Waals surface area contributed by atoms with Gasteiger partial charge < -0.3 is 15.3 Å². The summed E-state index contributed by atoms with van der Waals surface area (Å²) < 4.78 is 0.897. The standard InChI is InChI=1S/C16H20Br2O4/c17-12-11-13(18)7-6-9-15(20)14(19)8-4-2-1-3-5-10-16(21)22/h4,7-8,11-12,14-15,19-20H,3,5-6,9-10H2,(H,21,22)/t14-,15+/m0/s1. The van der Waals surface area contributed by atoms with Crippen LogP contribution >= 0.6 is 31.9 Å². The maximum atomic E-state index is 10.3. The number of rotatable bonds is 9. The highest BCUT2D eigenvalue weighted by Crippen LogP contribution is 2.12. The largest absolute Gasteiger partial charge is 0.481 e. The highest BCUT2D eigenvalue weighted by molar-refractivity contribution is 9.12. The fourth-order valence-electron chi connectivity index (χ4n) is 1.43. The Morgan fingerprint density at radius 2 is 2.05 bits per heavy atom. The predicted octanol–water partition coefficient (Wildman–Crippen LogP) is 3.49. The Bertz CT molecular complexity index is 472. The van der Waals surface area contributed by atoms with E-state index in [0.717, 1.165) is 4.48 Å². The van der Waals surface area contributed by atoms with Crippen molar-refractivity contribution in [2.45, 2.75) is 44.3 Å². The summed E-state index contributed by atoms with van der Waals surface area (Å²) in [5.41, 5.74) is 0. The number of carboxylic acid groups (broad SMARTS) is 1. The molecule has 0 aliphatic carbocycles. The Morgan fingerprint density at radius 3 is 2.68 bits per heavy atom. The van der Waals surface area contributed by atoms with E-state index < -0.39 is 18.2 Å². The maximum Gasteiger partial charge on any atom is 0.303 e. The average Bonchev–Trinajstić information content (AvgIpc) is 2.45. The van der Waals surface area contributed by atoms with E-state index in [9.17, 15) is 15.0 Å². The molecular formula is C16H20Br2O4. The zero-order valence-corrected chi connectivity index (χ0v) is 15.3. The van der Waals surface area contributed by atoms with Crippen molar-refractivity contribution >= 4 is 37.8 Å². The van der Waals surface area contributed by atoms with Crippen molar-refractivity contribution in [1.29, 1.82) is 0 Å². The number of aliphatic hydroxyl groups is 2. The van der Waals surface area contributed by atoms with Crippen molar-refractivity contribution in [2.75, 3.05) is 0 Å². The molecule has 0 aromatic carbocycles. The molecule has 122 valence electrons. The molecule has 22 heavy (non-hydrogen) atoms. The molecule has 4 nitrogen and oxygen atoms in total. The third-order valence-electron chi connectivity index (χ3n) is 2.59. The summed E-state index contributed by atoms with van der Waals surface area (Å²) in [4.78, 5) is 12.0. The van der Waals surface area contributed by atoms with Crippen LogP contribution in [-0.4, -0.2) is 33.5 Å². The molecule has 3 N–H and O–H groups in total. The lowest BCUT2D eigenvalue weighted by atomic mass is 10.1. The smallest absolute Gasteiger partial charge is 0.303 e. The molecule has 0 aromatic rings. The number of hydrogen-bond donors (Lipinski definition) is 3. The van der Waals surface area contributed by atoms with E-state index in [-0.39, 0.29) is 6.42 Å². The van der Waals surface area contributed by atoms with Gasteiger partial charge in [0.1, 0.15) is 0 Å². The first kappa shape index (κ1) is 21.1. The van der Waals surface area contributed by atoms with Crippen LogP contribution in [-0.2, 0) is 4.79 Å². The fourth-order valence-corrected chi connectivity index (χ4v) is 2.43. The zero-order valence-electron chi connectivity index (χ0n) is 12.1. The van der Waals surface area contributed by atoms with Gasteiger partial charge in [-0.3, -0.25) is 4.79 Å². The monoisotopic (exact) mass is 434 g/mol. The van der Waals surface area contributed by atoms with Crippen molar-refractivity contribution in [3.05, 3.63) is 33.8 Å². The van der Waals surface area contributed by atoms with E-state index in [2.05, 4.69) is 43.7 Å². The van der Waals surface area contributed by atoms with E-state index in [4.69, 9.17) is 5.11 Å². The third-order valence-corrected chi connectivity index (χ3v) is 3.44. The quantitative estimate of drug-likeness (QED) is 0.294. The van der Waals surface area contributed by atoms with Crippen molar-refractivity contribution in [3.63, 3.8) is 0 Å². The van der Waals surface area contributed by atoms with Crippen LogP contribution in [0, 0.1) is 11.8 Å². The molecule has 0 aromatic heterocycles. The van der Waals surface area contributed by atoms with Crippen LogP contribution in [0.3, 0.4) is 0 Å². The Hall–Kier alpha value is -0.870. The summed E-state index contributed by atoms with van der Waals surface area (Å²) in [5, 5.41) is 28.0. The minimum atomic E-state index is -0.966. The molecule has 0 amide bonds. The van der Waals surface area contributed by atoms with Gasteiger partial charge in [-0.2, -0.15) is 0 Å². The van der Waals surface area contributed by atoms with Gasteiger partial charge in [-0.15, -0.1) is 0 Å². The van der Waals surface area contributed by atoms with Crippen molar-refractivity contribution in [2.24, 2.45) is 0 Å². The predicted molar refractivity (Wildman–Crippen MR) is 94.7 cm³/mol. The highest BCUT2D eigenvalue weighted by Gasteiger charge is 2.11. The van der Waals surface area contributed by atoms with Crippen LogP contribution in [0.1, 0.15) is 32.1 Å². The van der Waals surface area contributed by atoms with Gasteiger partial charge in [0.15, 0.2) is 0 Å². The number of unbranched alkanes of at least 4 members (excludes halogenated alkanes) is 1. The normalized spacial score (nSPS) is 14.8. The molecule has 0 unspecified atom stereocenters. The summed E-state index contributed by atoms with van der Waals surface area (Å²) in [6.07, 6.45) is 6.99. The summed E-state index contributed by atoms with van der Waals surface area (Å²) in [6.45, 7) is 0. The summed E-state index contributed by atoms with van der Waals surface area (Å²) in [7, 11) is 0. The Balaban J connectivity index is 4.01. The minimum absolute atomic E-state index is 0.104. The molecule has 0 saturated heterocycles. The summed E-state index contributed by atoms with van der Waals surface area (Å²) in [6, 6.07) is 0. The summed E-state index contributed by atoms with van der Waals surface area (Å²) in [5.74, 6) is 4.66. The molecular weight excluding hydrogens is 416 g/mol. The lowest BCUT2D eigenvalue weighted by Crippen LogP contribution is -2.23. The molecule has 0 aliphatic rings. The van der Waals surface area contributed by atoms with E-state index in [0.29, 0.717) is 25.7 Å². The van der Waals surface area contributed by atoms with Crippen LogP contribution in [0.25, 0.3) is 0 Å². The first-order chi connectivity index (χ1) is 10.5. The number of aliphatic hydroxyl groups excluding tert-OH is 2. The molecule has 0 spiro atoms. The molecule has 0 heterocycles. The van der Waals surface area contributed by atoms with E-state index >= 15 is 0 Å². The van der Waals surface area contributed by atoms with E-state index in [1.54, 1.807) is 4.99 Å². The lowest BCUT2D eigenvalue weighted by molar-refractivity contribution is -0.137. The second-order valence-electron chi connectivity index (χ2n) is 4.44. The first-order valence-electron chi connectivity index (χ1n) is 6.82. The second kappa shape index (κ2) is 13.8. The van der Waals surface area contributed by atoms with Gasteiger partial charge in [0.05, 0.1) is 12.2 Å². The number of aliphatic carboxylic acids is 1. The van der Waals surface area contributed by atoms with Crippen LogP contribution in [0.5, 0.6) is 0 Å². The van der Waals surface area contributed by atoms with Crippen LogP contribution in [0.15, 0.2) is 33.8 Å². The van der Waals surface area contributed by atoms with Gasteiger partial charge >= 0.3 is 5.97 Å². The van der Waals surface area contributed by atoms with Crippen molar-refractivity contribution < 1.29 is 20.1 Å². The topological polar surface area (TPSA) is 77.8 Å². The van der Waals surface area contributed by atoms with Crippen molar-refractivity contribution in [1.82, 2.24) is 0 Å². The van der Waals surface area contributed by atoms with E-state index in [1.165, 1.54) is 12.2 Å². The maximum absolute atomic E-state index is 10.3. The third kappa shape index (κ3) is 12.8. The SMILES string of the molecule is O=C(O)CCCC#CC=C[C@H](O)[C@H](O)CCC=C(Br)C=CBr. The number of hydrogen-bond acceptors (Lipinski definition) is 3. The van der Waals surface area contributed by atoms with E-state index in [1.807, 2.05) is 12.2 Å². The minimum Gasteiger partial charge on any atom is -0.481 e. The Kier molecular flexibility index (Phi) is 13.2. The Morgan fingerprint density at radius 1 is 1.32 bits per heavy atom. The van der Waals surface area contributed by atoms with Crippen molar-refractivity contribution in [3.8, 4) is 11.8 Å². The van der Waals surface area contributed by atoms with Gasteiger partial charge in [0.25, 0.3) is 0 Å². The Labute approximate surface area is 147 Å². The average molecular weight is 436 g/mol. The number of carboxylic acids is 1. The second-order valence-corrected chi connectivity index (χ2v) is 5.89. The van der Waals surface area contributed by atoms with Gasteiger partial charge in [-0.1, -0.05) is 49.8 Å². The molecule has 6 heteroatoms. The van der Waals surface area contributed by atoms with Gasteiger partial charge in [0.2, 0.25) is 0 Å². The molecule has 0 fully saturated rings. The van der Waals surface area contributed by atoms with Gasteiger partial charge in [-0.25, -0.2) is 0 Å². The first-order valence-corrected chi connectivity index (χ1v) is 8.53. The molecule has 2 atom stereocenters.